The molecule has 4 rings (SSSR count). The second-order valence-electron chi connectivity index (χ2n) is 7.72. The number of carbonyl (C=O) groups excluding carboxylic acids is 2. The molecule has 176 valence electrons. The predicted octanol–water partition coefficient (Wildman–Crippen LogP) is 1.16. The van der Waals surface area contributed by atoms with Crippen LogP contribution in [0.3, 0.4) is 0 Å². The van der Waals surface area contributed by atoms with E-state index in [1.54, 1.807) is 6.07 Å². The molecule has 0 radical (unpaired) electrons. The van der Waals surface area contributed by atoms with E-state index in [2.05, 4.69) is 16.0 Å². The average molecular weight is 482 g/mol. The highest BCUT2D eigenvalue weighted by molar-refractivity contribution is 7.89. The highest BCUT2D eigenvalue weighted by atomic mass is 32.2. The van der Waals surface area contributed by atoms with Crippen molar-refractivity contribution in [3.8, 4) is 11.3 Å². The molecule has 0 spiro atoms. The summed E-state index contributed by atoms with van der Waals surface area (Å²) in [7, 11) is -3.68. The molecule has 2 N–H and O–H groups in total. The number of amides is 2. The summed E-state index contributed by atoms with van der Waals surface area (Å²) in [4.78, 5) is 36.9. The SMILES string of the molecule is O=C(Cn1nc(-c2ccccc2)ccc1=O)NNC(=O)c1cccc(S(=O)(=O)N2CCCC2)c1. The standard InChI is InChI=1S/C23H23N5O5S/c29-21(16-28-22(30)12-11-20(26-28)17-7-2-1-3-8-17)24-25-23(31)18-9-6-10-19(15-18)34(32,33)27-13-4-5-14-27/h1-3,6-12,15H,4-5,13-14,16H2,(H,24,29)(H,25,31). The second kappa shape index (κ2) is 9.98. The third kappa shape index (κ3) is 5.21. The smallest absolute Gasteiger partial charge is 0.269 e. The van der Waals surface area contributed by atoms with E-state index in [1.807, 2.05) is 30.3 Å². The molecular weight excluding hydrogens is 458 g/mol. The van der Waals surface area contributed by atoms with E-state index >= 15 is 0 Å². The molecule has 0 aliphatic carbocycles. The Balaban J connectivity index is 1.40. The van der Waals surface area contributed by atoms with Crippen molar-refractivity contribution in [1.82, 2.24) is 24.9 Å². The van der Waals surface area contributed by atoms with E-state index in [9.17, 15) is 22.8 Å². The zero-order valence-electron chi connectivity index (χ0n) is 18.2. The van der Waals surface area contributed by atoms with Crippen LogP contribution < -0.4 is 16.4 Å². The number of sulfonamides is 1. The van der Waals surface area contributed by atoms with Crippen molar-refractivity contribution in [2.24, 2.45) is 0 Å². The van der Waals surface area contributed by atoms with Gasteiger partial charge in [-0.3, -0.25) is 25.2 Å². The van der Waals surface area contributed by atoms with Gasteiger partial charge in [-0.15, -0.1) is 0 Å². The first-order valence-corrected chi connectivity index (χ1v) is 12.1. The molecule has 0 saturated carbocycles. The van der Waals surface area contributed by atoms with Crippen LogP contribution in [0.5, 0.6) is 0 Å². The van der Waals surface area contributed by atoms with Gasteiger partial charge in [-0.1, -0.05) is 36.4 Å². The van der Waals surface area contributed by atoms with Gasteiger partial charge in [0, 0.05) is 30.3 Å². The second-order valence-corrected chi connectivity index (χ2v) is 9.66. The van der Waals surface area contributed by atoms with Gasteiger partial charge in [-0.2, -0.15) is 9.40 Å². The van der Waals surface area contributed by atoms with E-state index in [0.29, 0.717) is 18.8 Å². The zero-order chi connectivity index (χ0) is 24.1. The van der Waals surface area contributed by atoms with E-state index in [-0.39, 0.29) is 10.5 Å². The van der Waals surface area contributed by atoms with Gasteiger partial charge >= 0.3 is 0 Å². The minimum absolute atomic E-state index is 0.0156. The Morgan fingerprint density at radius 2 is 1.65 bits per heavy atom. The Morgan fingerprint density at radius 1 is 0.912 bits per heavy atom. The minimum Gasteiger partial charge on any atom is -0.271 e. The van der Waals surface area contributed by atoms with Crippen LogP contribution in [0, 0.1) is 0 Å². The molecule has 1 aliphatic rings. The van der Waals surface area contributed by atoms with Gasteiger partial charge in [0.25, 0.3) is 17.4 Å². The van der Waals surface area contributed by atoms with Crippen LogP contribution in [0.1, 0.15) is 23.2 Å². The lowest BCUT2D eigenvalue weighted by Gasteiger charge is -2.16. The van der Waals surface area contributed by atoms with E-state index < -0.39 is 33.9 Å². The summed E-state index contributed by atoms with van der Waals surface area (Å²) in [5.74, 6) is -1.36. The van der Waals surface area contributed by atoms with Crippen LogP contribution in [0.25, 0.3) is 11.3 Å². The molecule has 0 bridgehead atoms. The van der Waals surface area contributed by atoms with Gasteiger partial charge in [-0.05, 0) is 37.1 Å². The van der Waals surface area contributed by atoms with Crippen LogP contribution in [-0.4, -0.2) is 47.4 Å². The van der Waals surface area contributed by atoms with Crippen molar-refractivity contribution in [3.05, 3.63) is 82.6 Å². The number of nitrogens with one attached hydrogen (secondary N) is 2. The fourth-order valence-corrected chi connectivity index (χ4v) is 5.14. The van der Waals surface area contributed by atoms with Crippen molar-refractivity contribution in [1.29, 1.82) is 0 Å². The molecule has 1 fully saturated rings. The third-order valence-corrected chi connectivity index (χ3v) is 7.24. The minimum atomic E-state index is -3.68. The molecule has 34 heavy (non-hydrogen) atoms. The topological polar surface area (TPSA) is 130 Å². The normalized spacial score (nSPS) is 14.0. The molecular formula is C23H23N5O5S. The Kier molecular flexibility index (Phi) is 6.85. The van der Waals surface area contributed by atoms with E-state index in [4.69, 9.17) is 0 Å². The van der Waals surface area contributed by atoms with Gasteiger partial charge in [-0.25, -0.2) is 13.1 Å². The summed E-state index contributed by atoms with van der Waals surface area (Å²) in [6.07, 6.45) is 1.61. The lowest BCUT2D eigenvalue weighted by atomic mass is 10.1. The fraction of sp³-hybridized carbons (Fsp3) is 0.217. The molecule has 2 heterocycles. The predicted molar refractivity (Wildman–Crippen MR) is 124 cm³/mol. The molecule has 2 amide bonds. The monoisotopic (exact) mass is 481 g/mol. The highest BCUT2D eigenvalue weighted by Crippen LogP contribution is 2.21. The van der Waals surface area contributed by atoms with Gasteiger partial charge in [0.05, 0.1) is 10.6 Å². The van der Waals surface area contributed by atoms with Crippen LogP contribution in [0.4, 0.5) is 0 Å². The maximum atomic E-state index is 12.7. The maximum Gasteiger partial charge on any atom is 0.269 e. The van der Waals surface area contributed by atoms with Crippen LogP contribution in [-0.2, 0) is 21.4 Å². The molecule has 10 nitrogen and oxygen atoms in total. The number of rotatable bonds is 6. The van der Waals surface area contributed by atoms with Crippen molar-refractivity contribution in [2.75, 3.05) is 13.1 Å². The average Bonchev–Trinajstić information content (AvgIpc) is 3.41. The third-order valence-electron chi connectivity index (χ3n) is 5.34. The summed E-state index contributed by atoms with van der Waals surface area (Å²) in [5, 5.41) is 4.20. The van der Waals surface area contributed by atoms with Gasteiger partial charge in [0.15, 0.2) is 0 Å². The van der Waals surface area contributed by atoms with Crippen LogP contribution in [0.15, 0.2) is 76.4 Å². The van der Waals surface area contributed by atoms with Crippen LogP contribution in [0.2, 0.25) is 0 Å². The number of hydrazine groups is 1. The van der Waals surface area contributed by atoms with E-state index in [1.165, 1.54) is 34.6 Å². The first-order valence-electron chi connectivity index (χ1n) is 10.7. The Labute approximate surface area is 196 Å². The van der Waals surface area contributed by atoms with E-state index in [0.717, 1.165) is 23.1 Å². The summed E-state index contributed by atoms with van der Waals surface area (Å²) < 4.78 is 27.8. The number of aromatic nitrogens is 2. The Hall–Kier alpha value is -3.83. The summed E-state index contributed by atoms with van der Waals surface area (Å²) in [6, 6.07) is 17.7. The number of hydrogen-bond donors (Lipinski definition) is 2. The lowest BCUT2D eigenvalue weighted by Crippen LogP contribution is -2.44. The highest BCUT2D eigenvalue weighted by Gasteiger charge is 2.27. The summed E-state index contributed by atoms with van der Waals surface area (Å²) >= 11 is 0. The van der Waals surface area contributed by atoms with Gasteiger partial charge in [0.2, 0.25) is 10.0 Å². The molecule has 1 aliphatic heterocycles. The Morgan fingerprint density at radius 3 is 2.38 bits per heavy atom. The van der Waals surface area contributed by atoms with Gasteiger partial charge < -0.3 is 0 Å². The number of hydrogen-bond acceptors (Lipinski definition) is 6. The molecule has 1 aromatic heterocycles. The zero-order valence-corrected chi connectivity index (χ0v) is 19.0. The van der Waals surface area contributed by atoms with Crippen molar-refractivity contribution >= 4 is 21.8 Å². The molecule has 0 atom stereocenters. The number of benzene rings is 2. The first-order chi connectivity index (χ1) is 16.3. The molecule has 1 saturated heterocycles. The lowest BCUT2D eigenvalue weighted by molar-refractivity contribution is -0.122. The summed E-state index contributed by atoms with van der Waals surface area (Å²) in [6.45, 7) is 0.491. The quantitative estimate of drug-likeness (QED) is 0.508. The molecule has 0 unspecified atom stereocenters. The molecule has 11 heteroatoms. The van der Waals surface area contributed by atoms with Crippen molar-refractivity contribution in [3.63, 3.8) is 0 Å². The fourth-order valence-electron chi connectivity index (χ4n) is 3.57. The summed E-state index contributed by atoms with van der Waals surface area (Å²) in [5.41, 5.74) is 5.38. The largest absolute Gasteiger partial charge is 0.271 e. The van der Waals surface area contributed by atoms with Crippen LogP contribution >= 0.6 is 0 Å². The van der Waals surface area contributed by atoms with Crippen molar-refractivity contribution < 1.29 is 18.0 Å². The Bertz CT molecular complexity index is 1370. The van der Waals surface area contributed by atoms with Gasteiger partial charge in [0.1, 0.15) is 6.54 Å². The first kappa shape index (κ1) is 23.3. The number of carbonyl (C=O) groups is 2. The van der Waals surface area contributed by atoms with Crippen molar-refractivity contribution in [2.45, 2.75) is 24.3 Å². The number of nitrogens with zero attached hydrogens (tertiary/aromatic N) is 3. The maximum absolute atomic E-state index is 12.7. The molecule has 2 aromatic carbocycles. The molecule has 3 aromatic rings.